The topological polar surface area (TPSA) is 34.1 Å². The molecule has 0 saturated heterocycles. The Bertz CT molecular complexity index is 641. The number of benzene rings is 1. The number of rotatable bonds is 5. The van der Waals surface area contributed by atoms with Crippen molar-refractivity contribution >= 4 is 27.5 Å². The van der Waals surface area contributed by atoms with Crippen LogP contribution in [0.2, 0.25) is 0 Å². The van der Waals surface area contributed by atoms with Crippen LogP contribution >= 0.6 is 15.9 Å². The van der Waals surface area contributed by atoms with Crippen molar-refractivity contribution in [3.63, 3.8) is 0 Å². The Labute approximate surface area is 153 Å². The summed E-state index contributed by atoms with van der Waals surface area (Å²) in [6, 6.07) is 4.04. The van der Waals surface area contributed by atoms with Crippen molar-refractivity contribution in [1.82, 2.24) is 0 Å². The number of carbonyl (C=O) groups is 2. The molecule has 3 heteroatoms. The van der Waals surface area contributed by atoms with Crippen molar-refractivity contribution in [2.24, 2.45) is 17.8 Å². The molecule has 0 heterocycles. The number of halogens is 1. The second kappa shape index (κ2) is 7.51. The predicted molar refractivity (Wildman–Crippen MR) is 100 cm³/mol. The summed E-state index contributed by atoms with van der Waals surface area (Å²) < 4.78 is 0.772. The van der Waals surface area contributed by atoms with Crippen LogP contribution < -0.4 is 0 Å². The lowest BCUT2D eigenvalue weighted by Gasteiger charge is -2.32. The van der Waals surface area contributed by atoms with Crippen LogP contribution in [-0.2, 0) is 17.6 Å². The van der Waals surface area contributed by atoms with Gasteiger partial charge < -0.3 is 0 Å². The molecule has 0 N–H and O–H groups in total. The van der Waals surface area contributed by atoms with Gasteiger partial charge in [0.1, 0.15) is 0 Å². The molecule has 0 radical (unpaired) electrons. The summed E-state index contributed by atoms with van der Waals surface area (Å²) in [5.41, 5.74) is 3.18. The Balaban J connectivity index is 1.69. The first-order valence-corrected chi connectivity index (χ1v) is 10.2. The van der Waals surface area contributed by atoms with E-state index in [2.05, 4.69) is 28.9 Å². The fourth-order valence-electron chi connectivity index (χ4n) is 4.73. The van der Waals surface area contributed by atoms with Gasteiger partial charge in [0.05, 0.1) is 0 Å². The van der Waals surface area contributed by atoms with E-state index in [1.807, 2.05) is 6.07 Å². The van der Waals surface area contributed by atoms with Crippen molar-refractivity contribution < 1.29 is 9.59 Å². The monoisotopic (exact) mass is 390 g/mol. The highest BCUT2D eigenvalue weighted by Crippen LogP contribution is 2.42. The number of hydrogen-bond acceptors (Lipinski definition) is 2. The quantitative estimate of drug-likeness (QED) is 0.488. The number of ketones is 2. The van der Waals surface area contributed by atoms with E-state index in [0.717, 1.165) is 35.1 Å². The van der Waals surface area contributed by atoms with Gasteiger partial charge in [-0.2, -0.15) is 0 Å². The Morgan fingerprint density at radius 1 is 1.04 bits per heavy atom. The second-order valence-corrected chi connectivity index (χ2v) is 8.58. The zero-order valence-corrected chi connectivity index (χ0v) is 16.3. The van der Waals surface area contributed by atoms with E-state index in [-0.39, 0.29) is 11.6 Å². The molecular weight excluding hydrogens is 364 g/mol. The summed E-state index contributed by atoms with van der Waals surface area (Å²) in [5, 5.41) is 0. The molecule has 1 unspecified atom stereocenters. The van der Waals surface area contributed by atoms with Crippen molar-refractivity contribution in [1.29, 1.82) is 0 Å². The fourth-order valence-corrected chi connectivity index (χ4v) is 5.30. The van der Waals surface area contributed by atoms with Gasteiger partial charge in [-0.1, -0.05) is 48.5 Å². The normalized spacial score (nSPS) is 26.2. The summed E-state index contributed by atoms with van der Waals surface area (Å²) in [6.45, 7) is 3.64. The minimum Gasteiger partial charge on any atom is -0.291 e. The average molecular weight is 391 g/mol. The summed E-state index contributed by atoms with van der Waals surface area (Å²) in [4.78, 5) is 23.5. The molecule has 1 fully saturated rings. The summed E-state index contributed by atoms with van der Waals surface area (Å²) >= 11 is 3.49. The molecule has 0 spiro atoms. The maximum Gasteiger partial charge on any atom is 0.229 e. The van der Waals surface area contributed by atoms with E-state index in [1.165, 1.54) is 56.6 Å². The van der Waals surface area contributed by atoms with Crippen LogP contribution in [0.3, 0.4) is 0 Å². The molecule has 2 aliphatic rings. The SMILES string of the molecule is CCCC1CCC(C2Cc3cc(Br)c(C(=O)C(C)=O)cc3C2)CC1. The van der Waals surface area contributed by atoms with Gasteiger partial charge in [-0.15, -0.1) is 0 Å². The molecule has 0 amide bonds. The molecule has 0 aromatic heterocycles. The number of fused-ring (bicyclic) bond motifs is 1. The number of carbonyl (C=O) groups excluding carboxylic acids is 2. The molecule has 1 atom stereocenters. The third-order valence-corrected chi connectivity index (χ3v) is 6.73. The molecule has 1 saturated carbocycles. The Hall–Kier alpha value is -0.960. The van der Waals surface area contributed by atoms with Crippen LogP contribution in [0.1, 0.15) is 73.9 Å². The summed E-state index contributed by atoms with van der Waals surface area (Å²) in [6.07, 6.45) is 10.4. The van der Waals surface area contributed by atoms with E-state index in [1.54, 1.807) is 0 Å². The lowest BCUT2D eigenvalue weighted by Crippen LogP contribution is -2.22. The van der Waals surface area contributed by atoms with Crippen LogP contribution in [0.4, 0.5) is 0 Å². The first-order valence-electron chi connectivity index (χ1n) is 9.36. The van der Waals surface area contributed by atoms with Crippen LogP contribution in [0.5, 0.6) is 0 Å². The zero-order chi connectivity index (χ0) is 17.3. The van der Waals surface area contributed by atoms with E-state index in [9.17, 15) is 9.59 Å². The second-order valence-electron chi connectivity index (χ2n) is 7.72. The van der Waals surface area contributed by atoms with Gasteiger partial charge in [-0.05, 0) is 66.7 Å². The molecule has 24 heavy (non-hydrogen) atoms. The highest BCUT2D eigenvalue weighted by atomic mass is 79.9. The lowest BCUT2D eigenvalue weighted by atomic mass is 9.74. The van der Waals surface area contributed by atoms with Crippen molar-refractivity contribution in [3.8, 4) is 0 Å². The van der Waals surface area contributed by atoms with Gasteiger partial charge in [0.2, 0.25) is 5.78 Å². The minimum absolute atomic E-state index is 0.381. The van der Waals surface area contributed by atoms with Gasteiger partial charge in [0.25, 0.3) is 0 Å². The minimum atomic E-state index is -0.389. The third-order valence-electron chi connectivity index (χ3n) is 6.07. The first-order chi connectivity index (χ1) is 11.5. The maximum atomic E-state index is 12.1. The highest BCUT2D eigenvalue weighted by molar-refractivity contribution is 9.10. The molecule has 1 aromatic rings. The van der Waals surface area contributed by atoms with E-state index in [4.69, 9.17) is 0 Å². The van der Waals surface area contributed by atoms with Gasteiger partial charge in [-0.3, -0.25) is 9.59 Å². The number of hydrogen-bond donors (Lipinski definition) is 0. The van der Waals surface area contributed by atoms with Crippen LogP contribution in [0, 0.1) is 17.8 Å². The molecule has 3 rings (SSSR count). The molecule has 0 aliphatic heterocycles. The molecule has 2 nitrogen and oxygen atoms in total. The van der Waals surface area contributed by atoms with Crippen molar-refractivity contribution in [3.05, 3.63) is 33.3 Å². The molecule has 1 aromatic carbocycles. The largest absolute Gasteiger partial charge is 0.291 e. The average Bonchev–Trinajstić information content (AvgIpc) is 2.97. The summed E-state index contributed by atoms with van der Waals surface area (Å²) in [7, 11) is 0. The highest BCUT2D eigenvalue weighted by Gasteiger charge is 2.32. The summed E-state index contributed by atoms with van der Waals surface area (Å²) in [5.74, 6) is 1.73. The fraction of sp³-hybridized carbons (Fsp3) is 0.619. The van der Waals surface area contributed by atoms with Crippen LogP contribution in [-0.4, -0.2) is 11.6 Å². The maximum absolute atomic E-state index is 12.1. The third kappa shape index (κ3) is 3.66. The molecular formula is C21H27BrO2. The Morgan fingerprint density at radius 2 is 1.67 bits per heavy atom. The smallest absolute Gasteiger partial charge is 0.229 e. The van der Waals surface area contributed by atoms with Gasteiger partial charge in [0.15, 0.2) is 5.78 Å². The number of Topliss-reactive ketones (excluding diaryl/α,β-unsaturated/α-hetero) is 2. The van der Waals surface area contributed by atoms with Gasteiger partial charge in [-0.25, -0.2) is 0 Å². The van der Waals surface area contributed by atoms with E-state index >= 15 is 0 Å². The van der Waals surface area contributed by atoms with Crippen LogP contribution in [0.25, 0.3) is 0 Å². The molecule has 0 bridgehead atoms. The Morgan fingerprint density at radius 3 is 2.25 bits per heavy atom. The first kappa shape index (κ1) is 17.8. The van der Waals surface area contributed by atoms with Gasteiger partial charge >= 0.3 is 0 Å². The van der Waals surface area contributed by atoms with E-state index < -0.39 is 0 Å². The zero-order valence-electron chi connectivity index (χ0n) is 14.7. The lowest BCUT2D eigenvalue weighted by molar-refractivity contribution is -0.113. The van der Waals surface area contributed by atoms with Gasteiger partial charge in [0, 0.05) is 17.0 Å². The Kier molecular flexibility index (Phi) is 5.59. The molecule has 2 aliphatic carbocycles. The predicted octanol–water partition coefficient (Wildman–Crippen LogP) is 5.54. The van der Waals surface area contributed by atoms with E-state index in [0.29, 0.717) is 5.56 Å². The van der Waals surface area contributed by atoms with Crippen molar-refractivity contribution in [2.75, 3.05) is 0 Å². The van der Waals surface area contributed by atoms with Crippen molar-refractivity contribution in [2.45, 2.75) is 65.2 Å². The van der Waals surface area contributed by atoms with Crippen LogP contribution in [0.15, 0.2) is 16.6 Å². The molecule has 130 valence electrons. The standard InChI is InChI=1S/C21H27BrO2/c1-3-4-14-5-7-15(8-6-14)16-9-17-11-19(21(24)13(2)23)20(22)12-18(17)10-16/h11-12,14-16H,3-10H2,1-2H3.